The molecule has 0 N–H and O–H groups in total. The number of nitrogens with zero attached hydrogens (tertiary/aromatic N) is 1. The standard InChI is InChI=1S/C13H27N/c1-4-7-14(8-5-2)9-6-13-10-12(3)11-13/h12-13H,4-11H2,1-3H3. The van der Waals surface area contributed by atoms with Crippen LogP contribution < -0.4 is 0 Å². The van der Waals surface area contributed by atoms with Crippen LogP contribution in [-0.2, 0) is 0 Å². The highest BCUT2D eigenvalue weighted by atomic mass is 15.1. The first kappa shape index (κ1) is 12.0. The SMILES string of the molecule is CCCN(CCC)CCC1CC(C)C1. The smallest absolute Gasteiger partial charge is 0.00161 e. The van der Waals surface area contributed by atoms with Gasteiger partial charge in [-0.3, -0.25) is 0 Å². The fraction of sp³-hybridized carbons (Fsp3) is 1.00. The van der Waals surface area contributed by atoms with E-state index in [4.69, 9.17) is 0 Å². The Morgan fingerprint density at radius 2 is 1.57 bits per heavy atom. The fourth-order valence-electron chi connectivity index (χ4n) is 2.64. The van der Waals surface area contributed by atoms with Gasteiger partial charge in [0.2, 0.25) is 0 Å². The van der Waals surface area contributed by atoms with Crippen molar-refractivity contribution < 1.29 is 0 Å². The van der Waals surface area contributed by atoms with E-state index in [9.17, 15) is 0 Å². The van der Waals surface area contributed by atoms with Gasteiger partial charge in [-0.15, -0.1) is 0 Å². The van der Waals surface area contributed by atoms with E-state index in [2.05, 4.69) is 25.7 Å². The molecule has 0 radical (unpaired) electrons. The lowest BCUT2D eigenvalue weighted by Gasteiger charge is -2.34. The Labute approximate surface area is 89.9 Å². The molecule has 0 aromatic carbocycles. The molecule has 0 saturated heterocycles. The summed E-state index contributed by atoms with van der Waals surface area (Å²) >= 11 is 0. The minimum Gasteiger partial charge on any atom is -0.303 e. The third-order valence-electron chi connectivity index (χ3n) is 3.40. The first-order valence-corrected chi connectivity index (χ1v) is 6.48. The molecular weight excluding hydrogens is 170 g/mol. The summed E-state index contributed by atoms with van der Waals surface area (Å²) in [6.07, 6.45) is 7.05. The molecule has 0 unspecified atom stereocenters. The van der Waals surface area contributed by atoms with Crippen molar-refractivity contribution in [1.29, 1.82) is 0 Å². The van der Waals surface area contributed by atoms with E-state index in [0.717, 1.165) is 11.8 Å². The molecule has 1 heteroatoms. The highest BCUT2D eigenvalue weighted by Crippen LogP contribution is 2.35. The quantitative estimate of drug-likeness (QED) is 0.603. The molecule has 0 bridgehead atoms. The van der Waals surface area contributed by atoms with Crippen molar-refractivity contribution in [3.8, 4) is 0 Å². The first-order valence-electron chi connectivity index (χ1n) is 6.48. The molecule has 84 valence electrons. The highest BCUT2D eigenvalue weighted by Gasteiger charge is 2.24. The normalized spacial score (nSPS) is 26.6. The minimum absolute atomic E-state index is 1.02. The van der Waals surface area contributed by atoms with Gasteiger partial charge < -0.3 is 4.90 Å². The second-order valence-electron chi connectivity index (χ2n) is 5.07. The lowest BCUT2D eigenvalue weighted by molar-refractivity contribution is 0.165. The van der Waals surface area contributed by atoms with Gasteiger partial charge in [-0.25, -0.2) is 0 Å². The van der Waals surface area contributed by atoms with Crippen LogP contribution in [0.1, 0.15) is 52.9 Å². The largest absolute Gasteiger partial charge is 0.303 e. The predicted octanol–water partition coefficient (Wildman–Crippen LogP) is 3.54. The average Bonchev–Trinajstić information content (AvgIpc) is 2.11. The molecule has 1 aliphatic carbocycles. The number of hydrogen-bond acceptors (Lipinski definition) is 1. The molecule has 0 heterocycles. The van der Waals surface area contributed by atoms with Crippen LogP contribution in [-0.4, -0.2) is 24.5 Å². The van der Waals surface area contributed by atoms with Gasteiger partial charge in [0.15, 0.2) is 0 Å². The Balaban J connectivity index is 2.06. The third kappa shape index (κ3) is 4.00. The Bertz CT molecular complexity index is 132. The minimum atomic E-state index is 1.02. The zero-order valence-corrected chi connectivity index (χ0v) is 10.3. The van der Waals surface area contributed by atoms with Crippen molar-refractivity contribution >= 4 is 0 Å². The van der Waals surface area contributed by atoms with Crippen LogP contribution in [0.25, 0.3) is 0 Å². The monoisotopic (exact) mass is 197 g/mol. The second kappa shape index (κ2) is 6.44. The fourth-order valence-corrected chi connectivity index (χ4v) is 2.64. The molecule has 14 heavy (non-hydrogen) atoms. The molecule has 0 aromatic rings. The highest BCUT2D eigenvalue weighted by molar-refractivity contribution is 4.77. The summed E-state index contributed by atoms with van der Waals surface area (Å²) in [7, 11) is 0. The van der Waals surface area contributed by atoms with E-state index in [1.165, 1.54) is 51.7 Å². The van der Waals surface area contributed by atoms with Gasteiger partial charge in [0, 0.05) is 0 Å². The Kier molecular flexibility index (Phi) is 5.54. The second-order valence-corrected chi connectivity index (χ2v) is 5.07. The zero-order valence-electron chi connectivity index (χ0n) is 10.3. The van der Waals surface area contributed by atoms with Crippen molar-refractivity contribution in [2.24, 2.45) is 11.8 Å². The lowest BCUT2D eigenvalue weighted by Crippen LogP contribution is -2.31. The molecule has 1 fully saturated rings. The van der Waals surface area contributed by atoms with Crippen LogP contribution in [0.4, 0.5) is 0 Å². The summed E-state index contributed by atoms with van der Waals surface area (Å²) in [5.41, 5.74) is 0. The van der Waals surface area contributed by atoms with Crippen LogP contribution >= 0.6 is 0 Å². The molecule has 1 saturated carbocycles. The summed E-state index contributed by atoms with van der Waals surface area (Å²) < 4.78 is 0. The summed E-state index contributed by atoms with van der Waals surface area (Å²) in [5.74, 6) is 2.08. The summed E-state index contributed by atoms with van der Waals surface area (Å²) in [6.45, 7) is 10.9. The Morgan fingerprint density at radius 1 is 1.00 bits per heavy atom. The molecule has 0 amide bonds. The van der Waals surface area contributed by atoms with Crippen molar-refractivity contribution in [1.82, 2.24) is 4.90 Å². The summed E-state index contributed by atoms with van der Waals surface area (Å²) in [4.78, 5) is 2.64. The van der Waals surface area contributed by atoms with Crippen LogP contribution in [0.3, 0.4) is 0 Å². The third-order valence-corrected chi connectivity index (χ3v) is 3.40. The van der Waals surface area contributed by atoms with E-state index in [0.29, 0.717) is 0 Å². The zero-order chi connectivity index (χ0) is 10.4. The maximum atomic E-state index is 2.64. The van der Waals surface area contributed by atoms with Crippen molar-refractivity contribution in [2.75, 3.05) is 19.6 Å². The maximum absolute atomic E-state index is 2.64. The van der Waals surface area contributed by atoms with E-state index in [1.54, 1.807) is 0 Å². The van der Waals surface area contributed by atoms with Crippen molar-refractivity contribution in [2.45, 2.75) is 52.9 Å². The molecule has 1 aliphatic rings. The maximum Gasteiger partial charge on any atom is -0.00161 e. The number of hydrogen-bond donors (Lipinski definition) is 0. The summed E-state index contributed by atoms with van der Waals surface area (Å²) in [5, 5.41) is 0. The van der Waals surface area contributed by atoms with E-state index in [1.807, 2.05) is 0 Å². The molecule has 0 aliphatic heterocycles. The predicted molar refractivity (Wildman–Crippen MR) is 63.5 cm³/mol. The van der Waals surface area contributed by atoms with Gasteiger partial charge >= 0.3 is 0 Å². The van der Waals surface area contributed by atoms with Gasteiger partial charge in [0.25, 0.3) is 0 Å². The van der Waals surface area contributed by atoms with Gasteiger partial charge in [-0.2, -0.15) is 0 Å². The van der Waals surface area contributed by atoms with Gasteiger partial charge in [0.05, 0.1) is 0 Å². The van der Waals surface area contributed by atoms with Crippen molar-refractivity contribution in [3.05, 3.63) is 0 Å². The molecule has 1 nitrogen and oxygen atoms in total. The topological polar surface area (TPSA) is 3.24 Å². The van der Waals surface area contributed by atoms with E-state index in [-0.39, 0.29) is 0 Å². The Hall–Kier alpha value is -0.0400. The average molecular weight is 197 g/mol. The molecule has 0 spiro atoms. The molecule has 0 atom stereocenters. The Morgan fingerprint density at radius 3 is 2.00 bits per heavy atom. The molecule has 1 rings (SSSR count). The van der Waals surface area contributed by atoms with Gasteiger partial charge in [-0.1, -0.05) is 20.8 Å². The first-order chi connectivity index (χ1) is 6.76. The van der Waals surface area contributed by atoms with Gasteiger partial charge in [-0.05, 0) is 63.6 Å². The van der Waals surface area contributed by atoms with Crippen LogP contribution in [0.2, 0.25) is 0 Å². The number of rotatable bonds is 7. The van der Waals surface area contributed by atoms with Crippen molar-refractivity contribution in [3.63, 3.8) is 0 Å². The van der Waals surface area contributed by atoms with Crippen LogP contribution in [0.15, 0.2) is 0 Å². The summed E-state index contributed by atoms with van der Waals surface area (Å²) in [6, 6.07) is 0. The van der Waals surface area contributed by atoms with Crippen LogP contribution in [0.5, 0.6) is 0 Å². The lowest BCUT2D eigenvalue weighted by atomic mass is 9.74. The van der Waals surface area contributed by atoms with Gasteiger partial charge in [0.1, 0.15) is 0 Å². The molecular formula is C13H27N. The molecule has 0 aromatic heterocycles. The van der Waals surface area contributed by atoms with E-state index < -0.39 is 0 Å². The van der Waals surface area contributed by atoms with Crippen LogP contribution in [0, 0.1) is 11.8 Å². The van der Waals surface area contributed by atoms with E-state index >= 15 is 0 Å².